The molecule has 0 radical (unpaired) electrons. The van der Waals surface area contributed by atoms with Gasteiger partial charge in [-0.05, 0) is 30.7 Å². The monoisotopic (exact) mass is 202 g/mol. The van der Waals surface area contributed by atoms with E-state index in [0.29, 0.717) is 11.2 Å². The Morgan fingerprint density at radius 1 is 1.40 bits per heavy atom. The van der Waals surface area contributed by atoms with Gasteiger partial charge in [-0.15, -0.1) is 0 Å². The molecule has 0 amide bonds. The van der Waals surface area contributed by atoms with Crippen molar-refractivity contribution in [1.82, 2.24) is 4.98 Å². The number of benzene rings is 1. The molecule has 4 heteroatoms. The highest BCUT2D eigenvalue weighted by Crippen LogP contribution is 2.20. The molecule has 0 atom stereocenters. The molecule has 0 saturated heterocycles. The molecule has 0 aliphatic carbocycles. The number of carbonyl (C=O) groups is 1. The molecular weight excluding hydrogens is 192 g/mol. The van der Waals surface area contributed by atoms with Crippen LogP contribution in [0.15, 0.2) is 24.3 Å². The van der Waals surface area contributed by atoms with E-state index in [9.17, 15) is 4.79 Å². The van der Waals surface area contributed by atoms with Crippen LogP contribution >= 0.6 is 0 Å². The highest BCUT2D eigenvalue weighted by atomic mass is 16.4. The van der Waals surface area contributed by atoms with Gasteiger partial charge in [0.05, 0.1) is 5.52 Å². The molecule has 0 fully saturated rings. The maximum atomic E-state index is 10.7. The van der Waals surface area contributed by atoms with E-state index in [1.807, 2.05) is 6.92 Å². The number of aromatic nitrogens is 1. The van der Waals surface area contributed by atoms with Crippen LogP contribution in [0.4, 0.5) is 5.69 Å². The largest absolute Gasteiger partial charge is 0.477 e. The first-order chi connectivity index (χ1) is 7.08. The smallest absolute Gasteiger partial charge is 0.354 e. The van der Waals surface area contributed by atoms with Gasteiger partial charge in [0.25, 0.3) is 0 Å². The van der Waals surface area contributed by atoms with Crippen molar-refractivity contribution >= 4 is 22.6 Å². The van der Waals surface area contributed by atoms with E-state index in [1.165, 1.54) is 6.07 Å². The number of aryl methyl sites for hydroxylation is 1. The molecule has 0 saturated carbocycles. The lowest BCUT2D eigenvalue weighted by atomic mass is 10.1. The average molecular weight is 202 g/mol. The van der Waals surface area contributed by atoms with Crippen LogP contribution < -0.4 is 5.73 Å². The Morgan fingerprint density at radius 2 is 2.13 bits per heavy atom. The van der Waals surface area contributed by atoms with Crippen molar-refractivity contribution in [3.63, 3.8) is 0 Å². The summed E-state index contributed by atoms with van der Waals surface area (Å²) in [6, 6.07) is 6.75. The Bertz CT molecular complexity index is 550. The molecule has 15 heavy (non-hydrogen) atoms. The highest BCUT2D eigenvalue weighted by molar-refractivity contribution is 5.91. The summed E-state index contributed by atoms with van der Waals surface area (Å²) in [4.78, 5) is 14.8. The van der Waals surface area contributed by atoms with E-state index < -0.39 is 5.97 Å². The summed E-state index contributed by atoms with van der Waals surface area (Å²) in [5.74, 6) is -1.02. The number of hydrogen-bond acceptors (Lipinski definition) is 3. The predicted octanol–water partition coefficient (Wildman–Crippen LogP) is 1.82. The van der Waals surface area contributed by atoms with Crippen LogP contribution in [-0.4, -0.2) is 16.1 Å². The molecular formula is C11H10N2O2. The van der Waals surface area contributed by atoms with Gasteiger partial charge in [0.2, 0.25) is 0 Å². The molecule has 3 N–H and O–H groups in total. The van der Waals surface area contributed by atoms with Crippen LogP contribution in [0.5, 0.6) is 0 Å². The van der Waals surface area contributed by atoms with Gasteiger partial charge in [-0.25, -0.2) is 9.78 Å². The number of nitrogen functional groups attached to an aromatic ring is 1. The third-order valence-electron chi connectivity index (χ3n) is 2.22. The van der Waals surface area contributed by atoms with E-state index in [-0.39, 0.29) is 5.69 Å². The summed E-state index contributed by atoms with van der Waals surface area (Å²) in [6.07, 6.45) is 0. The number of pyridine rings is 1. The van der Waals surface area contributed by atoms with Gasteiger partial charge in [-0.1, -0.05) is 6.07 Å². The molecule has 4 nitrogen and oxygen atoms in total. The SMILES string of the molecule is Cc1cc(N)cc2ccc(C(=O)O)nc12. The van der Waals surface area contributed by atoms with Gasteiger partial charge >= 0.3 is 5.97 Å². The summed E-state index contributed by atoms with van der Waals surface area (Å²) >= 11 is 0. The van der Waals surface area contributed by atoms with E-state index in [1.54, 1.807) is 18.2 Å². The van der Waals surface area contributed by atoms with Crippen molar-refractivity contribution in [3.8, 4) is 0 Å². The van der Waals surface area contributed by atoms with Crippen LogP contribution in [0.3, 0.4) is 0 Å². The molecule has 1 heterocycles. The third-order valence-corrected chi connectivity index (χ3v) is 2.22. The maximum absolute atomic E-state index is 10.7. The fourth-order valence-electron chi connectivity index (χ4n) is 1.56. The minimum Gasteiger partial charge on any atom is -0.477 e. The minimum absolute atomic E-state index is 0.0513. The molecule has 0 bridgehead atoms. The molecule has 1 aromatic carbocycles. The van der Waals surface area contributed by atoms with Crippen molar-refractivity contribution in [3.05, 3.63) is 35.5 Å². The molecule has 2 aromatic rings. The van der Waals surface area contributed by atoms with Crippen LogP contribution in [0.2, 0.25) is 0 Å². The number of nitrogens with two attached hydrogens (primary N) is 1. The van der Waals surface area contributed by atoms with Gasteiger partial charge in [0.1, 0.15) is 5.69 Å². The Morgan fingerprint density at radius 3 is 2.80 bits per heavy atom. The fourth-order valence-corrected chi connectivity index (χ4v) is 1.56. The number of aromatic carboxylic acids is 1. The molecule has 0 spiro atoms. The number of fused-ring (bicyclic) bond motifs is 1. The van der Waals surface area contributed by atoms with Crippen LogP contribution in [0, 0.1) is 6.92 Å². The Hall–Kier alpha value is -2.10. The first kappa shape index (κ1) is 9.45. The summed E-state index contributed by atoms with van der Waals surface area (Å²) < 4.78 is 0. The number of anilines is 1. The lowest BCUT2D eigenvalue weighted by Gasteiger charge is -2.04. The fraction of sp³-hybridized carbons (Fsp3) is 0.0909. The molecule has 2 rings (SSSR count). The van der Waals surface area contributed by atoms with Crippen molar-refractivity contribution < 1.29 is 9.90 Å². The Labute approximate surface area is 86.4 Å². The molecule has 0 aliphatic heterocycles. The zero-order valence-corrected chi connectivity index (χ0v) is 8.19. The van der Waals surface area contributed by atoms with Crippen LogP contribution in [-0.2, 0) is 0 Å². The number of carboxylic acid groups (broad SMARTS) is 1. The van der Waals surface area contributed by atoms with Crippen molar-refractivity contribution in [1.29, 1.82) is 0 Å². The van der Waals surface area contributed by atoms with Crippen molar-refractivity contribution in [2.24, 2.45) is 0 Å². The number of hydrogen-bond donors (Lipinski definition) is 2. The number of rotatable bonds is 1. The van der Waals surface area contributed by atoms with Gasteiger partial charge in [0, 0.05) is 11.1 Å². The second-order valence-corrected chi connectivity index (χ2v) is 3.41. The first-order valence-electron chi connectivity index (χ1n) is 4.48. The topological polar surface area (TPSA) is 76.2 Å². The number of nitrogens with zero attached hydrogens (tertiary/aromatic N) is 1. The second-order valence-electron chi connectivity index (χ2n) is 3.41. The quantitative estimate of drug-likeness (QED) is 0.691. The third kappa shape index (κ3) is 1.61. The zero-order valence-electron chi connectivity index (χ0n) is 8.19. The zero-order chi connectivity index (χ0) is 11.0. The molecule has 76 valence electrons. The van der Waals surface area contributed by atoms with Crippen LogP contribution in [0.25, 0.3) is 10.9 Å². The summed E-state index contributed by atoms with van der Waals surface area (Å²) in [5, 5.41) is 9.66. The highest BCUT2D eigenvalue weighted by Gasteiger charge is 2.07. The second kappa shape index (κ2) is 3.24. The van der Waals surface area contributed by atoms with E-state index >= 15 is 0 Å². The van der Waals surface area contributed by atoms with E-state index in [4.69, 9.17) is 10.8 Å². The lowest BCUT2D eigenvalue weighted by Crippen LogP contribution is -2.00. The van der Waals surface area contributed by atoms with Crippen molar-refractivity contribution in [2.75, 3.05) is 5.73 Å². The predicted molar refractivity (Wildman–Crippen MR) is 57.9 cm³/mol. The summed E-state index contributed by atoms with van der Waals surface area (Å²) in [5.41, 5.74) is 7.95. The number of carboxylic acids is 1. The Kier molecular flexibility index (Phi) is 2.04. The van der Waals surface area contributed by atoms with E-state index in [0.717, 1.165) is 10.9 Å². The molecule has 1 aromatic heterocycles. The normalized spacial score (nSPS) is 10.5. The maximum Gasteiger partial charge on any atom is 0.354 e. The lowest BCUT2D eigenvalue weighted by molar-refractivity contribution is 0.0691. The summed E-state index contributed by atoms with van der Waals surface area (Å²) in [6.45, 7) is 1.86. The van der Waals surface area contributed by atoms with E-state index in [2.05, 4.69) is 4.98 Å². The van der Waals surface area contributed by atoms with Crippen LogP contribution in [0.1, 0.15) is 16.1 Å². The minimum atomic E-state index is -1.02. The first-order valence-corrected chi connectivity index (χ1v) is 4.48. The Balaban J connectivity index is 2.76. The molecule has 0 unspecified atom stereocenters. The van der Waals surface area contributed by atoms with Crippen molar-refractivity contribution in [2.45, 2.75) is 6.92 Å². The van der Waals surface area contributed by atoms with Gasteiger partial charge in [0.15, 0.2) is 0 Å². The summed E-state index contributed by atoms with van der Waals surface area (Å²) in [7, 11) is 0. The van der Waals surface area contributed by atoms with Gasteiger partial charge in [-0.2, -0.15) is 0 Å². The molecule has 0 aliphatic rings. The van der Waals surface area contributed by atoms with Gasteiger partial charge < -0.3 is 10.8 Å². The standard InChI is InChI=1S/C11H10N2O2/c1-6-4-8(12)5-7-2-3-9(11(14)15)13-10(6)7/h2-5H,12H2,1H3,(H,14,15). The van der Waals surface area contributed by atoms with Gasteiger partial charge in [-0.3, -0.25) is 0 Å². The average Bonchev–Trinajstić information content (AvgIpc) is 2.16.